The van der Waals surface area contributed by atoms with Gasteiger partial charge in [0.15, 0.2) is 0 Å². The fourth-order valence-corrected chi connectivity index (χ4v) is 30.7. The molecule has 0 aromatic carbocycles. The summed E-state index contributed by atoms with van der Waals surface area (Å²) in [7, 11) is 0. The second-order valence-corrected chi connectivity index (χ2v) is 42.8. The van der Waals surface area contributed by atoms with E-state index in [4.69, 9.17) is 0 Å². The molecule has 10 nitrogen and oxygen atoms in total. The minimum atomic E-state index is 0.0716. The van der Waals surface area contributed by atoms with Crippen molar-refractivity contribution in [2.45, 2.75) is 324 Å². The molecule has 5 amide bonds. The Morgan fingerprint density at radius 3 is 0.949 bits per heavy atom. The van der Waals surface area contributed by atoms with E-state index in [9.17, 15) is 24.0 Å². The first kappa shape index (κ1) is 69.7. The molecule has 10 heteroatoms. The summed E-state index contributed by atoms with van der Waals surface area (Å²) in [5, 5.41) is 0. The summed E-state index contributed by atoms with van der Waals surface area (Å²) in [4.78, 5) is 77.2. The van der Waals surface area contributed by atoms with Crippen LogP contribution in [0.5, 0.6) is 0 Å². The molecule has 0 aromatic rings. The molecule has 2 unspecified atom stereocenters. The molecule has 98 heavy (non-hydrogen) atoms. The average molecular weight is 1350 g/mol. The van der Waals surface area contributed by atoms with Crippen molar-refractivity contribution in [3.05, 3.63) is 0 Å². The maximum atomic E-state index is 13.3. The molecule has 0 radical (unpaired) electrons. The van der Waals surface area contributed by atoms with E-state index in [0.717, 1.165) is 154 Å². The predicted octanol–water partition coefficient (Wildman–Crippen LogP) is 18.6. The minimum Gasteiger partial charge on any atom is -0.342 e. The molecular weight excluding hydrogens is 1210 g/mol. The van der Waals surface area contributed by atoms with Gasteiger partial charge in [-0.25, -0.2) is 0 Å². The highest BCUT2D eigenvalue weighted by Crippen LogP contribution is 2.66. The van der Waals surface area contributed by atoms with Crippen LogP contribution in [0.15, 0.2) is 0 Å². The summed E-state index contributed by atoms with van der Waals surface area (Å²) in [6, 6.07) is 0.495. The van der Waals surface area contributed by atoms with Crippen molar-refractivity contribution in [1.29, 1.82) is 0 Å². The Labute approximate surface area is 596 Å². The van der Waals surface area contributed by atoms with Gasteiger partial charge in [0.1, 0.15) is 0 Å². The molecule has 0 spiro atoms. The molecule has 0 aromatic heterocycles. The van der Waals surface area contributed by atoms with Crippen LogP contribution in [0.25, 0.3) is 0 Å². The molecule has 20 aliphatic carbocycles. The lowest BCUT2D eigenvalue weighted by Gasteiger charge is -2.57. The predicted molar refractivity (Wildman–Crippen MR) is 392 cm³/mol. The normalized spacial score (nSPS) is 46.5. The first-order valence-electron chi connectivity index (χ1n) is 43.4. The fraction of sp³-hybridized carbons (Fsp3) is 0.943. The number of nitrogens with zero attached hydrogens (tertiary/aromatic N) is 5. The molecule has 25 rings (SSSR count). The van der Waals surface area contributed by atoms with Crippen molar-refractivity contribution in [3.63, 3.8) is 0 Å². The molecule has 548 valence electrons. The Morgan fingerprint density at radius 1 is 0.306 bits per heavy atom. The van der Waals surface area contributed by atoms with Crippen molar-refractivity contribution in [1.82, 2.24) is 24.5 Å². The van der Waals surface area contributed by atoms with E-state index in [2.05, 4.69) is 73.0 Å². The lowest BCUT2D eigenvalue weighted by Crippen LogP contribution is -2.57. The van der Waals surface area contributed by atoms with Gasteiger partial charge in [-0.2, -0.15) is 0 Å². The monoisotopic (exact) mass is 1350 g/mol. The fourth-order valence-electron chi connectivity index (χ4n) is 30.7. The van der Waals surface area contributed by atoms with Crippen molar-refractivity contribution < 1.29 is 24.0 Å². The Bertz CT molecular complexity index is 2730. The molecule has 25 fully saturated rings. The van der Waals surface area contributed by atoms with E-state index in [-0.39, 0.29) is 27.1 Å². The molecule has 0 N–H and O–H groups in total. The molecule has 2 atom stereocenters. The Hall–Kier alpha value is -2.65. The third-order valence-corrected chi connectivity index (χ3v) is 33.8. The van der Waals surface area contributed by atoms with E-state index in [1.807, 2.05) is 0 Å². The Morgan fingerprint density at radius 2 is 0.622 bits per heavy atom. The standard InChI is InChI=1S/C19H31NO.C18H29NO.3C17H27NO/c1-3-18(2)4-6-20(7-5-18)17(21)19-11-14-8-15(12-19)10-16(9-14)13-19;1-17(2)4-3-5-19(12-17)16(20)18-9-13-6-14(10-18)8-15(7-13)11-18;1-12-2-4-18(5-3-12)16(19)17-9-13-6-14(10-17)8-15(7-13)11-17;1-12-3-2-4-18(11-12)16(19)17-8-13-5-14(9-17)7-15(6-13)10-17;1-12-4-2-3-5-18(12)16(19)17-9-13-6-14(10-17)8-15(7-13)11-17/h14-16H,3-13H2,1-2H3;13-15H,3-12H2,1-2H3;3*12-15H,2-11H2,1H3. The van der Waals surface area contributed by atoms with Crippen molar-refractivity contribution in [2.24, 2.45) is 139 Å². The average Bonchev–Trinajstić information content (AvgIpc) is 0.766. The van der Waals surface area contributed by atoms with E-state index in [0.29, 0.717) is 52.3 Å². The van der Waals surface area contributed by atoms with Crippen LogP contribution in [0.3, 0.4) is 0 Å². The molecule has 5 heterocycles. The van der Waals surface area contributed by atoms with Crippen molar-refractivity contribution >= 4 is 29.5 Å². The zero-order valence-electron chi connectivity index (χ0n) is 63.7. The van der Waals surface area contributed by atoms with Gasteiger partial charge in [0, 0.05) is 64.9 Å². The highest BCUT2D eigenvalue weighted by atomic mass is 16.2. The summed E-state index contributed by atoms with van der Waals surface area (Å²) in [5.41, 5.74) is 1.23. The summed E-state index contributed by atoms with van der Waals surface area (Å²) < 4.78 is 0. The van der Waals surface area contributed by atoms with Gasteiger partial charge in [0.05, 0.1) is 27.1 Å². The number of likely N-dealkylation sites (tertiary alicyclic amines) is 5. The summed E-state index contributed by atoms with van der Waals surface area (Å²) in [5.74, 6) is 17.5. The van der Waals surface area contributed by atoms with Crippen LogP contribution in [0.4, 0.5) is 0 Å². The van der Waals surface area contributed by atoms with Crippen LogP contribution in [0.2, 0.25) is 0 Å². The minimum absolute atomic E-state index is 0.0716. The maximum absolute atomic E-state index is 13.3. The summed E-state index contributed by atoms with van der Waals surface area (Å²) >= 11 is 0. The molecule has 5 aliphatic heterocycles. The zero-order valence-corrected chi connectivity index (χ0v) is 63.7. The highest BCUT2D eigenvalue weighted by Gasteiger charge is 2.61. The van der Waals surface area contributed by atoms with E-state index >= 15 is 0 Å². The quantitative estimate of drug-likeness (QED) is 0.264. The van der Waals surface area contributed by atoms with Gasteiger partial charge in [-0.1, -0.05) is 48.0 Å². The van der Waals surface area contributed by atoms with Gasteiger partial charge in [0.2, 0.25) is 29.5 Å². The molecule has 20 bridgehead atoms. The van der Waals surface area contributed by atoms with Crippen LogP contribution in [-0.2, 0) is 24.0 Å². The molecule has 25 aliphatic rings. The zero-order chi connectivity index (χ0) is 67.7. The number of carbonyl (C=O) groups excluding carboxylic acids is 5. The Kier molecular flexibility index (Phi) is 19.2. The largest absolute Gasteiger partial charge is 0.342 e. The summed E-state index contributed by atoms with van der Waals surface area (Å²) in [6.45, 7) is 25.4. The van der Waals surface area contributed by atoms with E-state index in [1.54, 1.807) is 0 Å². The molecule has 5 saturated heterocycles. The van der Waals surface area contributed by atoms with Gasteiger partial charge in [-0.3, -0.25) is 24.0 Å². The van der Waals surface area contributed by atoms with Crippen LogP contribution in [0.1, 0.15) is 318 Å². The lowest BCUT2D eigenvalue weighted by atomic mass is 9.49. The second-order valence-electron chi connectivity index (χ2n) is 42.8. The SMILES string of the molecule is CC1(C)CCCN(C(=O)C23CC4CC(CC(C4)C2)C3)C1.CC1CCCCN1C(=O)C12CC3CC(CC(C3)C1)C2.CC1CCCN(C(=O)C23CC4CC(CC(C4)C2)C3)C1.CC1CCN(C(=O)C23CC4CC(CC(C4)C2)C3)CC1.CCC1(C)CCN(C(=O)C23CC4CC(CC(C4)C2)C3)CC1. The topological polar surface area (TPSA) is 102 Å². The lowest BCUT2D eigenvalue weighted by molar-refractivity contribution is -0.161. The van der Waals surface area contributed by atoms with E-state index in [1.165, 1.54) is 270 Å². The third-order valence-electron chi connectivity index (χ3n) is 33.8. The number of amides is 5. The van der Waals surface area contributed by atoms with E-state index < -0.39 is 0 Å². The smallest absolute Gasteiger partial charge is 0.229 e. The number of rotatable bonds is 6. The summed E-state index contributed by atoms with van der Waals surface area (Å²) in [6.07, 6.45) is 54.7. The highest BCUT2D eigenvalue weighted by molar-refractivity contribution is 5.86. The van der Waals surface area contributed by atoms with Gasteiger partial charge < -0.3 is 24.5 Å². The van der Waals surface area contributed by atoms with Gasteiger partial charge in [-0.05, 0) is 382 Å². The molecular formula is C88H141N5O5. The van der Waals surface area contributed by atoms with Gasteiger partial charge in [0.25, 0.3) is 0 Å². The van der Waals surface area contributed by atoms with Gasteiger partial charge in [-0.15, -0.1) is 0 Å². The van der Waals surface area contributed by atoms with Crippen LogP contribution in [-0.4, -0.2) is 119 Å². The third kappa shape index (κ3) is 13.8. The first-order chi connectivity index (χ1) is 46.9. The van der Waals surface area contributed by atoms with Crippen LogP contribution < -0.4 is 0 Å². The van der Waals surface area contributed by atoms with Crippen molar-refractivity contribution in [3.8, 4) is 0 Å². The van der Waals surface area contributed by atoms with Crippen LogP contribution >= 0.6 is 0 Å². The number of carbonyl (C=O) groups is 5. The molecule has 20 saturated carbocycles. The number of hydrogen-bond acceptors (Lipinski definition) is 5. The Balaban J connectivity index is 0.0000000959. The van der Waals surface area contributed by atoms with Crippen molar-refractivity contribution in [2.75, 3.05) is 58.9 Å². The number of hydrogen-bond donors (Lipinski definition) is 0. The van der Waals surface area contributed by atoms with Crippen LogP contribution in [0, 0.1) is 139 Å². The second kappa shape index (κ2) is 27.0. The van der Waals surface area contributed by atoms with Gasteiger partial charge >= 0.3 is 0 Å². The maximum Gasteiger partial charge on any atom is 0.229 e. The first-order valence-corrected chi connectivity index (χ1v) is 43.4. The number of piperidine rings is 5.